The number of Topliss-reactive ketones (excluding diaryl/α,β-unsaturated/α-hetero) is 1. The fraction of sp³-hybridized carbons (Fsp3) is 0.308. The normalized spacial score (nSPS) is 15.2. The third-order valence-electron chi connectivity index (χ3n) is 5.88. The molecular formula is C26H28N4O4S. The molecule has 1 aliphatic heterocycles. The summed E-state index contributed by atoms with van der Waals surface area (Å²) >= 11 is 0. The maximum Gasteiger partial charge on any atom is 0.268 e. The van der Waals surface area contributed by atoms with Crippen LogP contribution in [0, 0.1) is 18.3 Å². The van der Waals surface area contributed by atoms with Gasteiger partial charge in [-0.05, 0) is 36.8 Å². The number of carbonyl (C=O) groups excluding carboxylic acids is 1. The lowest BCUT2D eigenvalue weighted by atomic mass is 10.1. The van der Waals surface area contributed by atoms with Gasteiger partial charge in [0.2, 0.25) is 5.78 Å². The molecule has 35 heavy (non-hydrogen) atoms. The zero-order valence-electron chi connectivity index (χ0n) is 20.1. The third-order valence-corrected chi connectivity index (χ3v) is 7.62. The van der Waals surface area contributed by atoms with Crippen LogP contribution in [0.4, 0.5) is 0 Å². The Morgan fingerprint density at radius 1 is 1.11 bits per heavy atom. The van der Waals surface area contributed by atoms with Gasteiger partial charge in [0, 0.05) is 45.3 Å². The number of nitrogens with zero attached hydrogens (tertiary/aromatic N) is 4. The van der Waals surface area contributed by atoms with Crippen molar-refractivity contribution in [2.45, 2.75) is 18.4 Å². The Morgan fingerprint density at radius 3 is 2.43 bits per heavy atom. The molecule has 2 aromatic carbocycles. The van der Waals surface area contributed by atoms with Gasteiger partial charge in [-0.15, -0.1) is 0 Å². The molecule has 1 aromatic heterocycles. The standard InChI is InChI=1S/C26H28N4O4S/c1-19-4-8-23(9-5-19)35(32,33)30-24-14-20(17-29-10-12-34-13-11-29)6-7-21(24)15-25(30)26(31)22(16-27)18-28(2)3/h4-9,14-15,18H,10-13,17H2,1-3H3/b22-18-. The number of benzene rings is 2. The molecule has 0 unspecified atom stereocenters. The summed E-state index contributed by atoms with van der Waals surface area (Å²) in [5, 5.41) is 10.2. The average Bonchev–Trinajstić information content (AvgIpc) is 3.22. The predicted molar refractivity (Wildman–Crippen MR) is 134 cm³/mol. The Bertz CT molecular complexity index is 1420. The first-order valence-electron chi connectivity index (χ1n) is 11.3. The number of aryl methyl sites for hydroxylation is 1. The van der Waals surface area contributed by atoms with Crippen LogP contribution in [0.3, 0.4) is 0 Å². The van der Waals surface area contributed by atoms with Crippen molar-refractivity contribution in [1.82, 2.24) is 13.8 Å². The van der Waals surface area contributed by atoms with E-state index in [9.17, 15) is 18.5 Å². The first-order valence-corrected chi connectivity index (χ1v) is 12.7. The molecule has 0 N–H and O–H groups in total. The van der Waals surface area contributed by atoms with Crippen molar-refractivity contribution in [2.24, 2.45) is 0 Å². The van der Waals surface area contributed by atoms with E-state index in [1.54, 1.807) is 37.2 Å². The van der Waals surface area contributed by atoms with Crippen molar-refractivity contribution < 1.29 is 17.9 Å². The van der Waals surface area contributed by atoms with E-state index in [-0.39, 0.29) is 16.2 Å². The van der Waals surface area contributed by atoms with E-state index >= 15 is 0 Å². The first kappa shape index (κ1) is 24.7. The molecule has 8 nitrogen and oxygen atoms in total. The fourth-order valence-corrected chi connectivity index (χ4v) is 5.61. The fourth-order valence-electron chi connectivity index (χ4n) is 4.11. The van der Waals surface area contributed by atoms with Crippen LogP contribution in [-0.2, 0) is 21.3 Å². The van der Waals surface area contributed by atoms with Gasteiger partial charge >= 0.3 is 0 Å². The summed E-state index contributed by atoms with van der Waals surface area (Å²) in [6.07, 6.45) is 1.40. The van der Waals surface area contributed by atoms with E-state index in [0.29, 0.717) is 30.7 Å². The SMILES string of the molecule is Cc1ccc(S(=O)(=O)n2c(C(=O)/C(C#N)=C\N(C)C)cc3ccc(CN4CCOCC4)cc32)cc1. The molecule has 3 aromatic rings. The Balaban J connectivity index is 1.90. The number of fused-ring (bicyclic) bond motifs is 1. The topological polar surface area (TPSA) is 95.6 Å². The molecular weight excluding hydrogens is 464 g/mol. The second-order valence-electron chi connectivity index (χ2n) is 8.84. The highest BCUT2D eigenvalue weighted by molar-refractivity contribution is 7.90. The van der Waals surface area contributed by atoms with Gasteiger partial charge in [-0.2, -0.15) is 5.26 Å². The van der Waals surface area contributed by atoms with Crippen molar-refractivity contribution in [2.75, 3.05) is 40.4 Å². The number of rotatable bonds is 7. The van der Waals surface area contributed by atoms with Gasteiger partial charge in [0.25, 0.3) is 10.0 Å². The number of ether oxygens (including phenoxy) is 1. The Hall–Kier alpha value is -3.45. The minimum atomic E-state index is -4.12. The molecule has 0 saturated carbocycles. The maximum absolute atomic E-state index is 13.9. The first-order chi connectivity index (χ1) is 16.7. The molecule has 1 saturated heterocycles. The molecule has 0 atom stereocenters. The molecule has 0 aliphatic carbocycles. The summed E-state index contributed by atoms with van der Waals surface area (Å²) in [4.78, 5) is 17.3. The minimum absolute atomic E-state index is 0.0706. The lowest BCUT2D eigenvalue weighted by Crippen LogP contribution is -2.35. The molecule has 2 heterocycles. The summed E-state index contributed by atoms with van der Waals surface area (Å²) in [6, 6.07) is 15.5. The van der Waals surface area contributed by atoms with Gasteiger partial charge in [0.1, 0.15) is 17.3 Å². The number of ketones is 1. The minimum Gasteiger partial charge on any atom is -0.382 e. The number of aromatic nitrogens is 1. The number of hydrogen-bond acceptors (Lipinski definition) is 7. The van der Waals surface area contributed by atoms with Crippen LogP contribution in [0.2, 0.25) is 0 Å². The predicted octanol–water partition coefficient (Wildman–Crippen LogP) is 3.17. The summed E-state index contributed by atoms with van der Waals surface area (Å²) in [6.45, 7) is 5.43. The Labute approximate surface area is 205 Å². The van der Waals surface area contributed by atoms with Gasteiger partial charge < -0.3 is 9.64 Å². The number of hydrogen-bond donors (Lipinski definition) is 0. The second kappa shape index (κ2) is 10.0. The number of nitriles is 1. The van der Waals surface area contributed by atoms with Crippen LogP contribution in [-0.4, -0.2) is 68.4 Å². The average molecular weight is 493 g/mol. The van der Waals surface area contributed by atoms with Gasteiger partial charge in [-0.25, -0.2) is 12.4 Å². The highest BCUT2D eigenvalue weighted by atomic mass is 32.2. The Morgan fingerprint density at radius 2 is 1.80 bits per heavy atom. The monoisotopic (exact) mass is 492 g/mol. The largest absolute Gasteiger partial charge is 0.382 e. The third kappa shape index (κ3) is 5.15. The zero-order chi connectivity index (χ0) is 25.2. The van der Waals surface area contributed by atoms with Crippen molar-refractivity contribution in [1.29, 1.82) is 5.26 Å². The smallest absolute Gasteiger partial charge is 0.268 e. The second-order valence-corrected chi connectivity index (χ2v) is 10.6. The molecule has 182 valence electrons. The Kier molecular flexibility index (Phi) is 7.08. The number of allylic oxidation sites excluding steroid dienone is 1. The van der Waals surface area contributed by atoms with Gasteiger partial charge in [-0.3, -0.25) is 9.69 Å². The summed E-state index contributed by atoms with van der Waals surface area (Å²) < 4.78 is 34.2. The number of morpholine rings is 1. The van der Waals surface area contributed by atoms with Crippen LogP contribution in [0.1, 0.15) is 21.6 Å². The van der Waals surface area contributed by atoms with Crippen LogP contribution in [0.15, 0.2) is 65.2 Å². The molecule has 0 amide bonds. The highest BCUT2D eigenvalue weighted by Crippen LogP contribution is 2.29. The van der Waals surface area contributed by atoms with Crippen molar-refractivity contribution in [3.8, 4) is 6.07 Å². The van der Waals surface area contributed by atoms with Crippen LogP contribution in [0.5, 0.6) is 0 Å². The lowest BCUT2D eigenvalue weighted by molar-refractivity contribution is 0.0342. The van der Waals surface area contributed by atoms with Crippen LogP contribution >= 0.6 is 0 Å². The van der Waals surface area contributed by atoms with Gasteiger partial charge in [-0.1, -0.05) is 29.8 Å². The van der Waals surface area contributed by atoms with Crippen molar-refractivity contribution in [3.63, 3.8) is 0 Å². The van der Waals surface area contributed by atoms with Crippen LogP contribution in [0.25, 0.3) is 10.9 Å². The zero-order valence-corrected chi connectivity index (χ0v) is 20.9. The van der Waals surface area contributed by atoms with E-state index in [1.165, 1.54) is 18.3 Å². The van der Waals surface area contributed by atoms with E-state index in [0.717, 1.165) is 28.2 Å². The summed E-state index contributed by atoms with van der Waals surface area (Å²) in [7, 11) is -0.732. The molecule has 4 rings (SSSR count). The molecule has 0 bridgehead atoms. The van der Waals surface area contributed by atoms with Crippen LogP contribution < -0.4 is 0 Å². The number of carbonyl (C=O) groups is 1. The van der Waals surface area contributed by atoms with E-state index in [2.05, 4.69) is 4.90 Å². The maximum atomic E-state index is 13.9. The molecule has 1 fully saturated rings. The molecule has 0 radical (unpaired) electrons. The van der Waals surface area contributed by atoms with E-state index < -0.39 is 15.8 Å². The quantitative estimate of drug-likeness (QED) is 0.284. The molecule has 0 spiro atoms. The van der Waals surface area contributed by atoms with Crippen molar-refractivity contribution in [3.05, 3.63) is 77.1 Å². The molecule has 9 heteroatoms. The van der Waals surface area contributed by atoms with Gasteiger partial charge in [0.05, 0.1) is 23.6 Å². The highest BCUT2D eigenvalue weighted by Gasteiger charge is 2.28. The van der Waals surface area contributed by atoms with E-state index in [1.807, 2.05) is 31.2 Å². The summed E-state index contributed by atoms with van der Waals surface area (Å²) in [5.74, 6) is -0.650. The molecule has 1 aliphatic rings. The summed E-state index contributed by atoms with van der Waals surface area (Å²) in [5.41, 5.74) is 2.04. The van der Waals surface area contributed by atoms with Crippen molar-refractivity contribution >= 4 is 26.7 Å². The van der Waals surface area contributed by atoms with E-state index in [4.69, 9.17) is 4.74 Å². The lowest BCUT2D eigenvalue weighted by Gasteiger charge is -2.26. The van der Waals surface area contributed by atoms with Gasteiger partial charge in [0.15, 0.2) is 0 Å².